The average molecular weight is 245 g/mol. The highest BCUT2D eigenvalue weighted by atomic mass is 16.6. The van der Waals surface area contributed by atoms with Gasteiger partial charge in [-0.15, -0.1) is 0 Å². The summed E-state index contributed by atoms with van der Waals surface area (Å²) < 4.78 is 9.94. The molecule has 1 amide bonds. The second kappa shape index (κ2) is 7.92. The first-order chi connectivity index (χ1) is 7.91. The van der Waals surface area contributed by atoms with Crippen LogP contribution in [-0.4, -0.2) is 30.8 Å². The van der Waals surface area contributed by atoms with Crippen molar-refractivity contribution in [3.8, 4) is 0 Å². The Kier molecular flexibility index (Phi) is 7.34. The third-order valence-electron chi connectivity index (χ3n) is 2.35. The van der Waals surface area contributed by atoms with E-state index in [9.17, 15) is 9.59 Å². The van der Waals surface area contributed by atoms with Crippen LogP contribution in [0.2, 0.25) is 0 Å². The van der Waals surface area contributed by atoms with E-state index in [0.29, 0.717) is 26.0 Å². The highest BCUT2D eigenvalue weighted by molar-refractivity contribution is 5.70. The molecule has 0 aromatic rings. The molecule has 5 nitrogen and oxygen atoms in total. The molecule has 0 bridgehead atoms. The summed E-state index contributed by atoms with van der Waals surface area (Å²) in [5, 5.41) is 2.60. The van der Waals surface area contributed by atoms with Gasteiger partial charge in [0.15, 0.2) is 0 Å². The van der Waals surface area contributed by atoms with Crippen LogP contribution in [0.25, 0.3) is 0 Å². The summed E-state index contributed by atoms with van der Waals surface area (Å²) in [5.41, 5.74) is -0.453. The zero-order valence-electron chi connectivity index (χ0n) is 11.2. The van der Waals surface area contributed by atoms with Crippen LogP contribution in [0.15, 0.2) is 0 Å². The maximum Gasteiger partial charge on any atom is 0.407 e. The van der Waals surface area contributed by atoms with Gasteiger partial charge in [0.05, 0.1) is 6.61 Å². The van der Waals surface area contributed by atoms with E-state index in [2.05, 4.69) is 5.32 Å². The lowest BCUT2D eigenvalue weighted by Gasteiger charge is -2.23. The maximum atomic E-state index is 11.3. The Morgan fingerprint density at radius 3 is 2.41 bits per heavy atom. The predicted molar refractivity (Wildman–Crippen MR) is 64.7 cm³/mol. The third-order valence-corrected chi connectivity index (χ3v) is 2.35. The van der Waals surface area contributed by atoms with Gasteiger partial charge in [0.2, 0.25) is 0 Å². The van der Waals surface area contributed by atoms with Crippen LogP contribution in [0, 0.1) is 0 Å². The van der Waals surface area contributed by atoms with Gasteiger partial charge >= 0.3 is 12.1 Å². The number of esters is 1. The molecule has 0 aromatic heterocycles. The minimum atomic E-state index is -0.453. The molecule has 0 saturated carbocycles. The van der Waals surface area contributed by atoms with Crippen molar-refractivity contribution < 1.29 is 19.1 Å². The van der Waals surface area contributed by atoms with E-state index in [1.807, 2.05) is 20.8 Å². The molecule has 17 heavy (non-hydrogen) atoms. The Labute approximate surface area is 103 Å². The summed E-state index contributed by atoms with van der Waals surface area (Å²) in [6, 6.07) is 0. The highest BCUT2D eigenvalue weighted by Crippen LogP contribution is 2.13. The number of alkyl carbamates (subject to hydrolysis) is 1. The number of nitrogens with one attached hydrogen (secondary N) is 1. The van der Waals surface area contributed by atoms with Crippen molar-refractivity contribution in [3.05, 3.63) is 0 Å². The molecule has 0 atom stereocenters. The van der Waals surface area contributed by atoms with E-state index in [-0.39, 0.29) is 5.97 Å². The Morgan fingerprint density at radius 1 is 1.24 bits per heavy atom. The summed E-state index contributed by atoms with van der Waals surface area (Å²) in [7, 11) is 0. The molecule has 0 rings (SSSR count). The average Bonchev–Trinajstić information content (AvgIpc) is 2.24. The predicted octanol–water partition coefficient (Wildman–Crippen LogP) is 2.24. The molecule has 5 heteroatoms. The second-order valence-electron chi connectivity index (χ2n) is 4.34. The first-order valence-corrected chi connectivity index (χ1v) is 6.03. The Hall–Kier alpha value is -1.26. The smallest absolute Gasteiger partial charge is 0.407 e. The van der Waals surface area contributed by atoms with E-state index in [4.69, 9.17) is 9.47 Å². The van der Waals surface area contributed by atoms with E-state index < -0.39 is 11.7 Å². The topological polar surface area (TPSA) is 64.6 Å². The first-order valence-electron chi connectivity index (χ1n) is 6.03. The molecule has 0 heterocycles. The minimum Gasteiger partial charge on any atom is -0.466 e. The zero-order valence-corrected chi connectivity index (χ0v) is 11.2. The van der Waals surface area contributed by atoms with Crippen molar-refractivity contribution in [2.75, 3.05) is 13.2 Å². The van der Waals surface area contributed by atoms with Gasteiger partial charge in [-0.05, 0) is 33.6 Å². The molecule has 0 aliphatic carbocycles. The highest BCUT2D eigenvalue weighted by Gasteiger charge is 2.19. The van der Waals surface area contributed by atoms with Gasteiger partial charge in [0.1, 0.15) is 5.60 Å². The molecule has 0 unspecified atom stereocenters. The lowest BCUT2D eigenvalue weighted by Crippen LogP contribution is -2.34. The molecule has 100 valence electrons. The normalized spacial score (nSPS) is 10.8. The Balaban J connectivity index is 3.62. The van der Waals surface area contributed by atoms with Crippen LogP contribution in [0.4, 0.5) is 4.79 Å². The van der Waals surface area contributed by atoms with Crippen molar-refractivity contribution in [2.24, 2.45) is 0 Å². The molecule has 0 radical (unpaired) electrons. The molecular formula is C12H23NO4. The van der Waals surface area contributed by atoms with Crippen LogP contribution in [0.5, 0.6) is 0 Å². The van der Waals surface area contributed by atoms with Gasteiger partial charge in [-0.25, -0.2) is 4.79 Å². The number of carbonyl (C=O) groups is 2. The van der Waals surface area contributed by atoms with Gasteiger partial charge in [-0.2, -0.15) is 0 Å². The van der Waals surface area contributed by atoms with Crippen LogP contribution in [0.3, 0.4) is 0 Å². The minimum absolute atomic E-state index is 0.239. The number of carbonyl (C=O) groups excluding carboxylic acids is 2. The zero-order chi connectivity index (χ0) is 13.3. The van der Waals surface area contributed by atoms with Crippen molar-refractivity contribution in [3.63, 3.8) is 0 Å². The second-order valence-corrected chi connectivity index (χ2v) is 4.34. The number of hydrogen-bond acceptors (Lipinski definition) is 4. The monoisotopic (exact) mass is 245 g/mol. The van der Waals surface area contributed by atoms with Crippen molar-refractivity contribution >= 4 is 12.1 Å². The Bertz CT molecular complexity index is 251. The first kappa shape index (κ1) is 15.7. The molecule has 0 aliphatic rings. The summed E-state index contributed by atoms with van der Waals surface area (Å²) in [6.45, 7) is 8.22. The molecular weight excluding hydrogens is 222 g/mol. The lowest BCUT2D eigenvalue weighted by molar-refractivity contribution is -0.143. The maximum absolute atomic E-state index is 11.3. The summed E-state index contributed by atoms with van der Waals surface area (Å²) in [4.78, 5) is 22.3. The fraction of sp³-hybridized carbons (Fsp3) is 0.833. The van der Waals surface area contributed by atoms with Crippen molar-refractivity contribution in [1.29, 1.82) is 0 Å². The van der Waals surface area contributed by atoms with Gasteiger partial charge < -0.3 is 14.8 Å². The number of ether oxygens (including phenoxy) is 2. The van der Waals surface area contributed by atoms with E-state index in [1.165, 1.54) is 0 Å². The van der Waals surface area contributed by atoms with Gasteiger partial charge in [0.25, 0.3) is 0 Å². The summed E-state index contributed by atoms with van der Waals surface area (Å²) in [6.07, 6.45) is 1.18. The SMILES string of the molecule is CCOC(=O)CCCNC(=O)OC(C)(C)CC. The molecule has 0 aliphatic heterocycles. The van der Waals surface area contributed by atoms with Crippen LogP contribution in [-0.2, 0) is 14.3 Å². The van der Waals surface area contributed by atoms with Gasteiger partial charge in [-0.1, -0.05) is 6.92 Å². The molecule has 0 fully saturated rings. The van der Waals surface area contributed by atoms with Gasteiger partial charge in [0, 0.05) is 13.0 Å². The van der Waals surface area contributed by atoms with E-state index in [0.717, 1.165) is 6.42 Å². The fourth-order valence-corrected chi connectivity index (χ4v) is 1.02. The number of amides is 1. The molecule has 0 spiro atoms. The molecule has 0 saturated heterocycles. The largest absolute Gasteiger partial charge is 0.466 e. The van der Waals surface area contributed by atoms with E-state index >= 15 is 0 Å². The quantitative estimate of drug-likeness (QED) is 0.552. The Morgan fingerprint density at radius 2 is 1.88 bits per heavy atom. The summed E-state index contributed by atoms with van der Waals surface area (Å²) >= 11 is 0. The van der Waals surface area contributed by atoms with Crippen molar-refractivity contribution in [1.82, 2.24) is 5.32 Å². The molecule has 1 N–H and O–H groups in total. The van der Waals surface area contributed by atoms with Crippen LogP contribution in [0.1, 0.15) is 47.0 Å². The fourth-order valence-electron chi connectivity index (χ4n) is 1.02. The number of hydrogen-bond donors (Lipinski definition) is 1. The number of rotatable bonds is 7. The van der Waals surface area contributed by atoms with E-state index in [1.54, 1.807) is 6.92 Å². The summed E-state index contributed by atoms with van der Waals surface area (Å²) in [5.74, 6) is -0.239. The van der Waals surface area contributed by atoms with Crippen LogP contribution < -0.4 is 5.32 Å². The third kappa shape index (κ3) is 8.54. The van der Waals surface area contributed by atoms with Crippen LogP contribution >= 0.6 is 0 Å². The molecule has 0 aromatic carbocycles. The standard InChI is InChI=1S/C12H23NO4/c1-5-12(3,4)17-11(15)13-9-7-8-10(14)16-6-2/h5-9H2,1-4H3,(H,13,15). The van der Waals surface area contributed by atoms with Crippen molar-refractivity contribution in [2.45, 2.75) is 52.6 Å². The lowest BCUT2D eigenvalue weighted by atomic mass is 10.1. The van der Waals surface area contributed by atoms with Gasteiger partial charge in [-0.3, -0.25) is 4.79 Å².